The van der Waals surface area contributed by atoms with Crippen LogP contribution >= 0.6 is 0 Å². The van der Waals surface area contributed by atoms with Crippen LogP contribution in [-0.2, 0) is 9.53 Å². The molecule has 0 spiro atoms. The van der Waals surface area contributed by atoms with E-state index >= 15 is 0 Å². The predicted molar refractivity (Wildman–Crippen MR) is 57.5 cm³/mol. The minimum absolute atomic E-state index is 0.0318. The van der Waals surface area contributed by atoms with Crippen molar-refractivity contribution in [3.63, 3.8) is 0 Å². The number of carbonyl (C=O) groups is 2. The predicted octanol–water partition coefficient (Wildman–Crippen LogP) is -0.490. The maximum Gasteiger partial charge on any atom is 0.247 e. The molecule has 0 aliphatic carbocycles. The second kappa shape index (κ2) is 5.05. The van der Waals surface area contributed by atoms with Gasteiger partial charge in [-0.05, 0) is 6.92 Å². The van der Waals surface area contributed by atoms with Gasteiger partial charge in [-0.15, -0.1) is 5.10 Å². The molecule has 0 N–H and O–H groups in total. The van der Waals surface area contributed by atoms with Crippen LogP contribution in [0.3, 0.4) is 0 Å². The van der Waals surface area contributed by atoms with Crippen LogP contribution in [0.4, 0.5) is 0 Å². The number of aldehydes is 1. The average Bonchev–Trinajstić information content (AvgIpc) is 2.87. The Kier molecular flexibility index (Phi) is 3.48. The summed E-state index contributed by atoms with van der Waals surface area (Å²) in [6.45, 7) is 4.06. The lowest BCUT2D eigenvalue weighted by Gasteiger charge is -2.29. The van der Waals surface area contributed by atoms with E-state index in [1.54, 1.807) is 11.8 Å². The molecule has 1 aromatic rings. The largest absolute Gasteiger partial charge is 0.378 e. The van der Waals surface area contributed by atoms with Crippen molar-refractivity contribution in [2.24, 2.45) is 0 Å². The second-order valence-corrected chi connectivity index (χ2v) is 3.85. The van der Waals surface area contributed by atoms with Crippen molar-refractivity contribution in [1.82, 2.24) is 19.9 Å². The van der Waals surface area contributed by atoms with Crippen molar-refractivity contribution in [2.45, 2.75) is 13.0 Å². The van der Waals surface area contributed by atoms with Crippen LogP contribution in [0.2, 0.25) is 0 Å². The van der Waals surface area contributed by atoms with Crippen molar-refractivity contribution >= 4 is 12.2 Å². The van der Waals surface area contributed by atoms with Gasteiger partial charge < -0.3 is 9.64 Å². The summed E-state index contributed by atoms with van der Waals surface area (Å²) in [5, 5.41) is 7.39. The summed E-state index contributed by atoms with van der Waals surface area (Å²) in [5.41, 5.74) is 0.228. The first-order valence-electron chi connectivity index (χ1n) is 5.46. The van der Waals surface area contributed by atoms with Gasteiger partial charge in [-0.25, -0.2) is 4.68 Å². The van der Waals surface area contributed by atoms with E-state index in [1.165, 1.54) is 10.9 Å². The van der Waals surface area contributed by atoms with Crippen LogP contribution in [-0.4, -0.2) is 58.4 Å². The van der Waals surface area contributed by atoms with Crippen molar-refractivity contribution in [3.05, 3.63) is 11.9 Å². The molecule has 1 unspecified atom stereocenters. The molecule has 2 rings (SSSR count). The molecule has 1 aliphatic rings. The first-order valence-corrected chi connectivity index (χ1v) is 5.46. The fourth-order valence-electron chi connectivity index (χ4n) is 1.69. The lowest BCUT2D eigenvalue weighted by molar-refractivity contribution is -0.138. The zero-order valence-electron chi connectivity index (χ0n) is 9.57. The third-order valence-electron chi connectivity index (χ3n) is 2.73. The first kappa shape index (κ1) is 11.7. The van der Waals surface area contributed by atoms with Crippen molar-refractivity contribution in [2.75, 3.05) is 26.3 Å². The van der Waals surface area contributed by atoms with E-state index in [0.717, 1.165) is 0 Å². The van der Waals surface area contributed by atoms with Crippen molar-refractivity contribution < 1.29 is 14.3 Å². The van der Waals surface area contributed by atoms with Gasteiger partial charge in [0.1, 0.15) is 11.7 Å². The summed E-state index contributed by atoms with van der Waals surface area (Å²) in [4.78, 5) is 24.3. The minimum atomic E-state index is -0.450. The molecule has 1 atom stereocenters. The standard InChI is InChI=1S/C10H14N4O3/c1-8(14-6-9(7-15)11-12-14)10(16)13-2-4-17-5-3-13/h6-8H,2-5H2,1H3. The van der Waals surface area contributed by atoms with E-state index in [2.05, 4.69) is 10.3 Å². The third kappa shape index (κ3) is 2.50. The number of hydrogen-bond donors (Lipinski definition) is 0. The molecule has 7 heteroatoms. The van der Waals surface area contributed by atoms with Gasteiger partial charge >= 0.3 is 0 Å². The molecule has 7 nitrogen and oxygen atoms in total. The highest BCUT2D eigenvalue weighted by Gasteiger charge is 2.24. The maximum atomic E-state index is 12.1. The van der Waals surface area contributed by atoms with Crippen LogP contribution in [0.25, 0.3) is 0 Å². The van der Waals surface area contributed by atoms with E-state index in [0.29, 0.717) is 32.6 Å². The number of ether oxygens (including phenoxy) is 1. The highest BCUT2D eigenvalue weighted by Crippen LogP contribution is 2.10. The highest BCUT2D eigenvalue weighted by molar-refractivity contribution is 5.80. The molecule has 1 saturated heterocycles. The van der Waals surface area contributed by atoms with Gasteiger partial charge in [0.2, 0.25) is 5.91 Å². The Morgan fingerprint density at radius 1 is 1.53 bits per heavy atom. The van der Waals surface area contributed by atoms with Crippen LogP contribution < -0.4 is 0 Å². The summed E-state index contributed by atoms with van der Waals surface area (Å²) in [6.07, 6.45) is 2.07. The lowest BCUT2D eigenvalue weighted by atomic mass is 10.2. The summed E-state index contributed by atoms with van der Waals surface area (Å²) < 4.78 is 6.59. The Morgan fingerprint density at radius 2 is 2.24 bits per heavy atom. The summed E-state index contributed by atoms with van der Waals surface area (Å²) in [7, 11) is 0. The van der Waals surface area contributed by atoms with E-state index in [4.69, 9.17) is 4.74 Å². The Hall–Kier alpha value is -1.76. The lowest BCUT2D eigenvalue weighted by Crippen LogP contribution is -2.43. The van der Waals surface area contributed by atoms with E-state index in [-0.39, 0.29) is 11.6 Å². The Bertz CT molecular complexity index is 411. The van der Waals surface area contributed by atoms with Crippen LogP contribution in [0, 0.1) is 0 Å². The quantitative estimate of drug-likeness (QED) is 0.664. The summed E-state index contributed by atoms with van der Waals surface area (Å²) in [6, 6.07) is -0.450. The molecule has 0 bridgehead atoms. The Labute approximate surface area is 98.3 Å². The molecule has 0 saturated carbocycles. The smallest absolute Gasteiger partial charge is 0.247 e. The zero-order valence-corrected chi connectivity index (χ0v) is 9.57. The number of nitrogens with zero attached hydrogens (tertiary/aromatic N) is 4. The molecule has 0 aromatic carbocycles. The van der Waals surface area contributed by atoms with Gasteiger partial charge in [-0.1, -0.05) is 5.21 Å². The Balaban J connectivity index is 2.05. The first-order chi connectivity index (χ1) is 8.22. The van der Waals surface area contributed by atoms with E-state index in [1.807, 2.05) is 0 Å². The molecule has 0 radical (unpaired) electrons. The molecule has 2 heterocycles. The number of amides is 1. The summed E-state index contributed by atoms with van der Waals surface area (Å²) in [5.74, 6) is -0.0318. The van der Waals surface area contributed by atoms with Gasteiger partial charge in [0, 0.05) is 13.1 Å². The van der Waals surface area contributed by atoms with Gasteiger partial charge in [0.25, 0.3) is 0 Å². The molecular weight excluding hydrogens is 224 g/mol. The number of morpholine rings is 1. The molecule has 17 heavy (non-hydrogen) atoms. The fourth-order valence-corrected chi connectivity index (χ4v) is 1.69. The van der Waals surface area contributed by atoms with Crippen LogP contribution in [0.1, 0.15) is 23.5 Å². The second-order valence-electron chi connectivity index (χ2n) is 3.85. The van der Waals surface area contributed by atoms with Gasteiger partial charge in [0.15, 0.2) is 6.29 Å². The van der Waals surface area contributed by atoms with E-state index < -0.39 is 6.04 Å². The molecule has 1 aromatic heterocycles. The molecule has 1 aliphatic heterocycles. The topological polar surface area (TPSA) is 77.3 Å². The monoisotopic (exact) mass is 238 g/mol. The normalized spacial score (nSPS) is 17.8. The molecule has 1 amide bonds. The van der Waals surface area contributed by atoms with Crippen molar-refractivity contribution in [3.8, 4) is 0 Å². The van der Waals surface area contributed by atoms with Crippen LogP contribution in [0.15, 0.2) is 6.20 Å². The van der Waals surface area contributed by atoms with E-state index in [9.17, 15) is 9.59 Å². The van der Waals surface area contributed by atoms with Gasteiger partial charge in [0.05, 0.1) is 19.4 Å². The van der Waals surface area contributed by atoms with Crippen molar-refractivity contribution in [1.29, 1.82) is 0 Å². The number of hydrogen-bond acceptors (Lipinski definition) is 5. The number of aromatic nitrogens is 3. The number of carbonyl (C=O) groups excluding carboxylic acids is 2. The minimum Gasteiger partial charge on any atom is -0.378 e. The molecular formula is C10H14N4O3. The molecule has 1 fully saturated rings. The van der Waals surface area contributed by atoms with Gasteiger partial charge in [-0.3, -0.25) is 9.59 Å². The zero-order chi connectivity index (χ0) is 12.3. The molecule has 92 valence electrons. The Morgan fingerprint density at radius 3 is 2.82 bits per heavy atom. The fraction of sp³-hybridized carbons (Fsp3) is 0.600. The van der Waals surface area contributed by atoms with Gasteiger partial charge in [-0.2, -0.15) is 0 Å². The van der Waals surface area contributed by atoms with Crippen LogP contribution in [0.5, 0.6) is 0 Å². The number of rotatable bonds is 3. The SMILES string of the molecule is CC(C(=O)N1CCOCC1)n1cc(C=O)nn1. The summed E-state index contributed by atoms with van der Waals surface area (Å²) >= 11 is 0. The third-order valence-corrected chi connectivity index (χ3v) is 2.73. The highest BCUT2D eigenvalue weighted by atomic mass is 16.5. The average molecular weight is 238 g/mol. The maximum absolute atomic E-state index is 12.1.